The van der Waals surface area contributed by atoms with Gasteiger partial charge in [-0.3, -0.25) is 0 Å². The van der Waals surface area contributed by atoms with Gasteiger partial charge in [-0.25, -0.2) is 0 Å². The smallest absolute Gasteiger partial charge is 0.104 e. The molecule has 4 fully saturated rings. The second-order valence-corrected chi connectivity index (χ2v) is 20.5. The van der Waals surface area contributed by atoms with Crippen molar-refractivity contribution in [2.75, 3.05) is 13.1 Å². The van der Waals surface area contributed by atoms with E-state index >= 15 is 0 Å². The molecule has 51 heavy (non-hydrogen) atoms. The van der Waals surface area contributed by atoms with Crippen LogP contribution in [0.25, 0.3) is 5.57 Å². The minimum Gasteiger partial charge on any atom is -0.370 e. The van der Waals surface area contributed by atoms with Crippen molar-refractivity contribution in [3.8, 4) is 0 Å². The summed E-state index contributed by atoms with van der Waals surface area (Å²) in [5, 5.41) is 9.00. The quantitative estimate of drug-likeness (QED) is 0.227. The van der Waals surface area contributed by atoms with Crippen molar-refractivity contribution in [1.29, 1.82) is 0 Å². The summed E-state index contributed by atoms with van der Waals surface area (Å²) in [6, 6.07) is 9.40. The van der Waals surface area contributed by atoms with Gasteiger partial charge in [0, 0.05) is 29.9 Å². The van der Waals surface area contributed by atoms with E-state index in [9.17, 15) is 0 Å². The molecule has 2 aromatic rings. The third-order valence-electron chi connectivity index (χ3n) is 12.8. The molecule has 2 aromatic carbocycles. The van der Waals surface area contributed by atoms with Gasteiger partial charge in [-0.05, 0) is 137 Å². The van der Waals surface area contributed by atoms with E-state index in [0.29, 0.717) is 15.7 Å². The highest BCUT2D eigenvalue weighted by molar-refractivity contribution is 7.60. The minimum atomic E-state index is -0.582. The number of aryl methyl sites for hydroxylation is 6. The second kappa shape index (κ2) is 15.8. The number of hydrogen-bond acceptors (Lipinski definition) is 2. The molecule has 274 valence electrons. The van der Waals surface area contributed by atoms with Crippen LogP contribution in [-0.2, 0) is 5.41 Å². The van der Waals surface area contributed by atoms with Crippen molar-refractivity contribution in [2.24, 2.45) is 0 Å². The summed E-state index contributed by atoms with van der Waals surface area (Å²) >= 11 is 15.1. The molecule has 0 aromatic heterocycles. The zero-order chi connectivity index (χ0) is 35.9. The molecular formula is C46H61Cl2N2P. The summed E-state index contributed by atoms with van der Waals surface area (Å²) in [7, 11) is -0.114. The van der Waals surface area contributed by atoms with E-state index in [1.54, 1.807) is 5.57 Å². The molecule has 0 amide bonds. The molecule has 2 nitrogen and oxygen atoms in total. The molecule has 2 unspecified atom stereocenters. The topological polar surface area (TPSA) is 24.1 Å². The van der Waals surface area contributed by atoms with Crippen molar-refractivity contribution in [2.45, 2.75) is 154 Å². The van der Waals surface area contributed by atoms with Crippen LogP contribution in [0.15, 0.2) is 63.4 Å². The molecule has 5 heteroatoms. The van der Waals surface area contributed by atoms with Gasteiger partial charge < -0.3 is 10.6 Å². The molecule has 2 N–H and O–H groups in total. The van der Waals surface area contributed by atoms with Gasteiger partial charge in [0.05, 0.1) is 15.5 Å². The van der Waals surface area contributed by atoms with Crippen molar-refractivity contribution in [3.63, 3.8) is 0 Å². The van der Waals surface area contributed by atoms with E-state index in [0.717, 1.165) is 35.8 Å². The maximum absolute atomic E-state index is 7.54. The van der Waals surface area contributed by atoms with E-state index in [1.807, 2.05) is 0 Å². The molecule has 2 atom stereocenters. The molecule has 1 aliphatic heterocycles. The van der Waals surface area contributed by atoms with Crippen molar-refractivity contribution in [3.05, 3.63) is 108 Å². The first-order chi connectivity index (χ1) is 24.6. The number of allylic oxidation sites excluding steroid dienone is 7. The van der Waals surface area contributed by atoms with Crippen LogP contribution in [0, 0.1) is 41.5 Å². The van der Waals surface area contributed by atoms with E-state index in [1.165, 1.54) is 140 Å². The largest absolute Gasteiger partial charge is 0.370 e. The van der Waals surface area contributed by atoms with Crippen LogP contribution in [0.3, 0.4) is 0 Å². The minimum absolute atomic E-state index is 0.114. The standard InChI is InChI=1S/C46H61Cl2N2P/c1-29-23-31(3)40(32(4)24-29)41-43(45-49-21-22-50-45)46(28-38(47)44(41)48,42-33(5)25-30(2)26-34(42)6)27-35-15-13-14-20-39(35)51(36-16-9-7-10-17-36)37-18-11-8-12-19-37/h23-28,36-37,39,49-50H,7-22H2,1-6H3. The van der Waals surface area contributed by atoms with Gasteiger partial charge in [0.25, 0.3) is 0 Å². The first-order valence-corrected chi connectivity index (χ1v) is 22.6. The fourth-order valence-corrected chi connectivity index (χ4v) is 16.2. The molecule has 0 bridgehead atoms. The number of hydrogen-bond donors (Lipinski definition) is 2. The number of halogens is 2. The Hall–Kier alpha value is -1.99. The summed E-state index contributed by atoms with van der Waals surface area (Å²) < 4.78 is 0. The lowest BCUT2D eigenvalue weighted by Crippen LogP contribution is -2.36. The van der Waals surface area contributed by atoms with Crippen LogP contribution in [0.4, 0.5) is 0 Å². The summed E-state index contributed by atoms with van der Waals surface area (Å²) in [5.41, 5.74) is 16.3. The Bertz CT molecular complexity index is 1700. The number of benzene rings is 2. The summed E-state index contributed by atoms with van der Waals surface area (Å²) in [5.74, 6) is 1.10. The monoisotopic (exact) mass is 742 g/mol. The van der Waals surface area contributed by atoms with Gasteiger partial charge in [-0.15, -0.1) is 0 Å². The van der Waals surface area contributed by atoms with E-state index in [2.05, 4.69) is 88.6 Å². The first-order valence-electron chi connectivity index (χ1n) is 20.3. The van der Waals surface area contributed by atoms with Gasteiger partial charge >= 0.3 is 0 Å². The lowest BCUT2D eigenvalue weighted by Gasteiger charge is -2.47. The lowest BCUT2D eigenvalue weighted by molar-refractivity contribution is 0.476. The van der Waals surface area contributed by atoms with Gasteiger partial charge in [0.1, 0.15) is 5.82 Å². The molecular weight excluding hydrogens is 682 g/mol. The van der Waals surface area contributed by atoms with Crippen molar-refractivity contribution < 1.29 is 0 Å². The van der Waals surface area contributed by atoms with Crippen molar-refractivity contribution >= 4 is 36.7 Å². The summed E-state index contributed by atoms with van der Waals surface area (Å²) in [6.45, 7) is 15.4. The van der Waals surface area contributed by atoms with Crippen LogP contribution in [-0.4, -0.2) is 30.1 Å². The zero-order valence-electron chi connectivity index (χ0n) is 32.2. The van der Waals surface area contributed by atoms with Crippen molar-refractivity contribution in [1.82, 2.24) is 10.6 Å². The number of rotatable bonds is 6. The highest BCUT2D eigenvalue weighted by atomic mass is 35.5. The Morgan fingerprint density at radius 3 is 1.73 bits per heavy atom. The molecule has 1 heterocycles. The third kappa shape index (κ3) is 7.30. The Kier molecular flexibility index (Phi) is 11.5. The van der Waals surface area contributed by atoms with Crippen LogP contribution in [0.2, 0.25) is 0 Å². The lowest BCUT2D eigenvalue weighted by atomic mass is 9.63. The highest BCUT2D eigenvalue weighted by Gasteiger charge is 2.47. The fraction of sp³-hybridized carbons (Fsp3) is 0.565. The molecule has 7 rings (SSSR count). The van der Waals surface area contributed by atoms with E-state index in [-0.39, 0.29) is 7.92 Å². The Balaban J connectivity index is 1.52. The SMILES string of the molecule is Cc1cc(C)c(C2=C(Cl)C(Cl)=CC(C=C3CCCCC3P(C3CCCCC3)C3CCCCC3)(c3c(C)cc(C)cc3C)C2=C2NCCN2)c(C)c1. The highest BCUT2D eigenvalue weighted by Crippen LogP contribution is 2.64. The predicted molar refractivity (Wildman–Crippen MR) is 224 cm³/mol. The molecule has 5 aliphatic rings. The fourth-order valence-electron chi connectivity index (χ4n) is 11.1. The summed E-state index contributed by atoms with van der Waals surface area (Å²) in [4.78, 5) is 0. The molecule has 1 saturated heterocycles. The molecule has 0 radical (unpaired) electrons. The zero-order valence-corrected chi connectivity index (χ0v) is 34.6. The maximum atomic E-state index is 7.54. The molecule has 0 spiro atoms. The average Bonchev–Trinajstić information content (AvgIpc) is 3.62. The second-order valence-electron chi connectivity index (χ2n) is 16.7. The average molecular weight is 744 g/mol. The maximum Gasteiger partial charge on any atom is 0.104 e. The third-order valence-corrected chi connectivity index (χ3v) is 17.6. The first kappa shape index (κ1) is 37.3. The molecule has 3 saturated carbocycles. The van der Waals surface area contributed by atoms with Crippen LogP contribution in [0.1, 0.15) is 134 Å². The van der Waals surface area contributed by atoms with E-state index in [4.69, 9.17) is 23.2 Å². The van der Waals surface area contributed by atoms with Crippen LogP contribution < -0.4 is 10.6 Å². The Labute approximate surface area is 320 Å². The van der Waals surface area contributed by atoms with Crippen LogP contribution >= 0.6 is 31.1 Å². The normalized spacial score (nSPS) is 26.2. The summed E-state index contributed by atoms with van der Waals surface area (Å²) in [6.07, 6.45) is 24.7. The van der Waals surface area contributed by atoms with Gasteiger partial charge in [-0.2, -0.15) is 0 Å². The predicted octanol–water partition coefficient (Wildman–Crippen LogP) is 13.0. The van der Waals surface area contributed by atoms with Gasteiger partial charge in [0.15, 0.2) is 0 Å². The van der Waals surface area contributed by atoms with Gasteiger partial charge in [0.2, 0.25) is 0 Å². The van der Waals surface area contributed by atoms with Crippen LogP contribution in [0.5, 0.6) is 0 Å². The van der Waals surface area contributed by atoms with E-state index < -0.39 is 5.41 Å². The molecule has 4 aliphatic carbocycles. The Morgan fingerprint density at radius 1 is 0.667 bits per heavy atom. The van der Waals surface area contributed by atoms with Gasteiger partial charge in [-0.1, -0.05) is 123 Å². The number of nitrogens with one attached hydrogen (secondary N) is 2. The Morgan fingerprint density at radius 2 is 1.18 bits per heavy atom.